The zero-order chi connectivity index (χ0) is 13.0. The molecule has 0 saturated carbocycles. The van der Waals surface area contributed by atoms with Crippen molar-refractivity contribution in [2.45, 2.75) is 25.9 Å². The molecule has 0 aliphatic rings. The van der Waals surface area contributed by atoms with Crippen LogP contribution in [-0.2, 0) is 13.0 Å². The second kappa shape index (κ2) is 6.71. The Balaban J connectivity index is 1.85. The molecule has 18 heavy (non-hydrogen) atoms. The minimum absolute atomic E-state index is 0.406. The van der Waals surface area contributed by atoms with Crippen LogP contribution in [0.2, 0.25) is 5.02 Å². The summed E-state index contributed by atoms with van der Waals surface area (Å²) in [7, 11) is 0. The van der Waals surface area contributed by atoms with Gasteiger partial charge in [0.2, 0.25) is 0 Å². The van der Waals surface area contributed by atoms with Crippen LogP contribution in [0, 0.1) is 0 Å². The summed E-state index contributed by atoms with van der Waals surface area (Å²) < 4.78 is 1.18. The molecule has 0 fully saturated rings. The van der Waals surface area contributed by atoms with Crippen molar-refractivity contribution in [3.8, 4) is 0 Å². The number of benzene rings is 1. The molecule has 0 spiro atoms. The second-order valence-corrected chi connectivity index (χ2v) is 7.03. The number of nitrogens with one attached hydrogen (secondary N) is 1. The maximum atomic E-state index is 6.16. The molecule has 0 aliphatic carbocycles. The molecule has 96 valence electrons. The summed E-state index contributed by atoms with van der Waals surface area (Å²) in [5, 5.41) is 6.53. The minimum atomic E-state index is 0.406. The van der Waals surface area contributed by atoms with E-state index in [0.29, 0.717) is 6.04 Å². The third-order valence-electron chi connectivity index (χ3n) is 2.76. The molecule has 2 rings (SSSR count). The van der Waals surface area contributed by atoms with E-state index in [9.17, 15) is 0 Å². The quantitative estimate of drug-likeness (QED) is 0.814. The fourth-order valence-corrected chi connectivity index (χ4v) is 3.22. The van der Waals surface area contributed by atoms with E-state index in [-0.39, 0.29) is 0 Å². The number of rotatable bonds is 5. The van der Waals surface area contributed by atoms with E-state index in [4.69, 9.17) is 11.6 Å². The standard InChI is InChI=1S/C14H15BrClNS/c1-10(6-12-4-2-3-5-13(12)16)17-8-11-7-14(15)18-9-11/h2-5,7,9-10,17H,6,8H2,1H3. The van der Waals surface area contributed by atoms with Gasteiger partial charge in [0.1, 0.15) is 0 Å². The molecule has 2 aromatic rings. The van der Waals surface area contributed by atoms with Crippen molar-refractivity contribution in [1.29, 1.82) is 0 Å². The van der Waals surface area contributed by atoms with Gasteiger partial charge in [0.25, 0.3) is 0 Å². The highest BCUT2D eigenvalue weighted by Gasteiger charge is 2.06. The van der Waals surface area contributed by atoms with Gasteiger partial charge in [-0.1, -0.05) is 29.8 Å². The number of halogens is 2. The van der Waals surface area contributed by atoms with Crippen molar-refractivity contribution in [3.05, 3.63) is 55.6 Å². The van der Waals surface area contributed by atoms with Gasteiger partial charge in [0.15, 0.2) is 0 Å². The van der Waals surface area contributed by atoms with Crippen LogP contribution in [0.25, 0.3) is 0 Å². The average molecular weight is 345 g/mol. The van der Waals surface area contributed by atoms with Gasteiger partial charge in [-0.05, 0) is 57.9 Å². The first kappa shape index (κ1) is 14.1. The summed E-state index contributed by atoms with van der Waals surface area (Å²) >= 11 is 11.4. The van der Waals surface area contributed by atoms with E-state index >= 15 is 0 Å². The lowest BCUT2D eigenvalue weighted by Gasteiger charge is -2.14. The zero-order valence-corrected chi connectivity index (χ0v) is 13.3. The number of hydrogen-bond donors (Lipinski definition) is 1. The summed E-state index contributed by atoms with van der Waals surface area (Å²) in [6, 6.07) is 10.6. The minimum Gasteiger partial charge on any atom is -0.310 e. The zero-order valence-electron chi connectivity index (χ0n) is 10.1. The lowest BCUT2D eigenvalue weighted by atomic mass is 10.1. The Morgan fingerprint density at radius 3 is 2.83 bits per heavy atom. The smallest absolute Gasteiger partial charge is 0.0701 e. The van der Waals surface area contributed by atoms with Crippen LogP contribution in [0.15, 0.2) is 39.5 Å². The first-order valence-corrected chi connectivity index (χ1v) is 7.90. The highest BCUT2D eigenvalue weighted by molar-refractivity contribution is 9.11. The van der Waals surface area contributed by atoms with E-state index in [1.54, 1.807) is 11.3 Å². The molecule has 0 bridgehead atoms. The molecule has 0 amide bonds. The lowest BCUT2D eigenvalue weighted by Crippen LogP contribution is -2.27. The van der Waals surface area contributed by atoms with Gasteiger partial charge < -0.3 is 5.32 Å². The van der Waals surface area contributed by atoms with Crippen molar-refractivity contribution < 1.29 is 0 Å². The Labute approximate surface area is 125 Å². The normalized spacial score (nSPS) is 12.6. The summed E-state index contributed by atoms with van der Waals surface area (Å²) in [5.41, 5.74) is 2.52. The molecule has 1 heterocycles. The highest BCUT2D eigenvalue weighted by atomic mass is 79.9. The van der Waals surface area contributed by atoms with Gasteiger partial charge in [0, 0.05) is 17.6 Å². The fraction of sp³-hybridized carbons (Fsp3) is 0.286. The van der Waals surface area contributed by atoms with Crippen LogP contribution in [-0.4, -0.2) is 6.04 Å². The van der Waals surface area contributed by atoms with Crippen molar-refractivity contribution >= 4 is 38.9 Å². The SMILES string of the molecule is CC(Cc1ccccc1Cl)NCc1csc(Br)c1. The molecule has 0 aliphatic heterocycles. The number of hydrogen-bond acceptors (Lipinski definition) is 2. The third-order valence-corrected chi connectivity index (χ3v) is 4.68. The fourth-order valence-electron chi connectivity index (χ4n) is 1.80. The topological polar surface area (TPSA) is 12.0 Å². The largest absolute Gasteiger partial charge is 0.310 e. The number of thiophene rings is 1. The molecule has 1 atom stereocenters. The summed E-state index contributed by atoms with van der Waals surface area (Å²) in [5.74, 6) is 0. The monoisotopic (exact) mass is 343 g/mol. The molecule has 4 heteroatoms. The molecule has 1 N–H and O–H groups in total. The molecule has 1 unspecified atom stereocenters. The molecular formula is C14H15BrClNS. The van der Waals surface area contributed by atoms with E-state index < -0.39 is 0 Å². The van der Waals surface area contributed by atoms with Gasteiger partial charge in [-0.3, -0.25) is 0 Å². The third kappa shape index (κ3) is 4.09. The molecule has 1 aromatic heterocycles. The van der Waals surface area contributed by atoms with E-state index in [1.165, 1.54) is 14.9 Å². The average Bonchev–Trinajstić information content (AvgIpc) is 2.76. The van der Waals surface area contributed by atoms with Crippen LogP contribution >= 0.6 is 38.9 Å². The molecule has 0 saturated heterocycles. The van der Waals surface area contributed by atoms with E-state index in [0.717, 1.165) is 18.0 Å². The maximum absolute atomic E-state index is 6.16. The van der Waals surface area contributed by atoms with Crippen LogP contribution in [0.4, 0.5) is 0 Å². The Morgan fingerprint density at radius 1 is 1.39 bits per heavy atom. The molecule has 1 aromatic carbocycles. The summed E-state index contributed by atoms with van der Waals surface area (Å²) in [4.78, 5) is 0. The van der Waals surface area contributed by atoms with Crippen LogP contribution in [0.3, 0.4) is 0 Å². The van der Waals surface area contributed by atoms with Gasteiger partial charge in [0.05, 0.1) is 3.79 Å². The highest BCUT2D eigenvalue weighted by Crippen LogP contribution is 2.21. The predicted molar refractivity (Wildman–Crippen MR) is 83.5 cm³/mol. The summed E-state index contributed by atoms with van der Waals surface area (Å²) in [6.07, 6.45) is 0.949. The predicted octanol–water partition coefficient (Wildman–Crippen LogP) is 4.88. The molecular weight excluding hydrogens is 330 g/mol. The van der Waals surface area contributed by atoms with Gasteiger partial charge in [-0.2, -0.15) is 0 Å². The van der Waals surface area contributed by atoms with Crippen LogP contribution in [0.5, 0.6) is 0 Å². The first-order chi connectivity index (χ1) is 8.65. The first-order valence-electron chi connectivity index (χ1n) is 5.85. The van der Waals surface area contributed by atoms with E-state index in [2.05, 4.69) is 45.7 Å². The van der Waals surface area contributed by atoms with Crippen LogP contribution in [0.1, 0.15) is 18.1 Å². The lowest BCUT2D eigenvalue weighted by molar-refractivity contribution is 0.546. The molecule has 0 radical (unpaired) electrons. The Bertz CT molecular complexity index is 512. The van der Waals surface area contributed by atoms with Gasteiger partial charge >= 0.3 is 0 Å². The maximum Gasteiger partial charge on any atom is 0.0701 e. The van der Waals surface area contributed by atoms with Gasteiger partial charge in [-0.15, -0.1) is 11.3 Å². The Kier molecular flexibility index (Phi) is 5.25. The Hall–Kier alpha value is -0.350. The van der Waals surface area contributed by atoms with Crippen molar-refractivity contribution in [1.82, 2.24) is 5.32 Å². The molecule has 1 nitrogen and oxygen atoms in total. The second-order valence-electron chi connectivity index (χ2n) is 4.34. The Morgan fingerprint density at radius 2 is 2.17 bits per heavy atom. The van der Waals surface area contributed by atoms with Crippen molar-refractivity contribution in [2.24, 2.45) is 0 Å². The van der Waals surface area contributed by atoms with E-state index in [1.807, 2.05) is 18.2 Å². The van der Waals surface area contributed by atoms with Crippen molar-refractivity contribution in [3.63, 3.8) is 0 Å². The van der Waals surface area contributed by atoms with Crippen LogP contribution < -0.4 is 5.32 Å². The summed E-state index contributed by atoms with van der Waals surface area (Å²) in [6.45, 7) is 3.08. The van der Waals surface area contributed by atoms with Gasteiger partial charge in [-0.25, -0.2) is 0 Å². The van der Waals surface area contributed by atoms with Crippen molar-refractivity contribution in [2.75, 3.05) is 0 Å².